The molecule has 0 spiro atoms. The minimum Gasteiger partial charge on any atom is -0.396 e. The molecule has 0 bridgehead atoms. The Morgan fingerprint density at radius 2 is 1.94 bits per heavy atom. The van der Waals surface area contributed by atoms with Crippen molar-refractivity contribution in [1.82, 2.24) is 24.5 Å². The predicted molar refractivity (Wildman–Crippen MR) is 128 cm³/mol. The predicted octanol–water partition coefficient (Wildman–Crippen LogP) is 4.11. The second kappa shape index (κ2) is 8.65. The Bertz CT molecular complexity index is 1340. The van der Waals surface area contributed by atoms with Gasteiger partial charge in [-0.25, -0.2) is 4.98 Å². The van der Waals surface area contributed by atoms with Gasteiger partial charge in [-0.1, -0.05) is 35.9 Å². The SMILES string of the molecule is Cc1nn(C)cc1-c1ccccc1-c1nc2cc(C(=O)NCC3CC(CO)C3)ccn2c1Cl. The third-order valence-electron chi connectivity index (χ3n) is 6.46. The van der Waals surface area contributed by atoms with Crippen LogP contribution in [0.1, 0.15) is 28.9 Å². The zero-order valence-corrected chi connectivity index (χ0v) is 19.4. The van der Waals surface area contributed by atoms with Gasteiger partial charge >= 0.3 is 0 Å². The summed E-state index contributed by atoms with van der Waals surface area (Å²) in [7, 11) is 1.90. The highest BCUT2D eigenvalue weighted by atomic mass is 35.5. The van der Waals surface area contributed by atoms with Gasteiger partial charge in [-0.15, -0.1) is 0 Å². The van der Waals surface area contributed by atoms with Crippen LogP contribution in [-0.2, 0) is 7.05 Å². The summed E-state index contributed by atoms with van der Waals surface area (Å²) in [4.78, 5) is 17.5. The summed E-state index contributed by atoms with van der Waals surface area (Å²) < 4.78 is 3.59. The number of carbonyl (C=O) groups is 1. The van der Waals surface area contributed by atoms with E-state index in [9.17, 15) is 4.79 Å². The van der Waals surface area contributed by atoms with Crippen LogP contribution >= 0.6 is 11.6 Å². The monoisotopic (exact) mass is 463 g/mol. The Kier molecular flexibility index (Phi) is 5.68. The summed E-state index contributed by atoms with van der Waals surface area (Å²) in [6, 6.07) is 11.5. The van der Waals surface area contributed by atoms with E-state index in [4.69, 9.17) is 21.7 Å². The molecule has 1 saturated carbocycles. The highest BCUT2D eigenvalue weighted by molar-refractivity contribution is 6.32. The molecule has 0 unspecified atom stereocenters. The molecule has 1 aliphatic carbocycles. The molecule has 1 aromatic carbocycles. The van der Waals surface area contributed by atoms with Crippen molar-refractivity contribution in [3.05, 3.63) is 65.2 Å². The van der Waals surface area contributed by atoms with Crippen LogP contribution in [0.5, 0.6) is 0 Å². The Balaban J connectivity index is 1.44. The molecule has 33 heavy (non-hydrogen) atoms. The molecule has 2 N–H and O–H groups in total. The molecule has 8 heteroatoms. The van der Waals surface area contributed by atoms with E-state index in [2.05, 4.69) is 10.4 Å². The Morgan fingerprint density at radius 3 is 2.64 bits per heavy atom. The second-order valence-electron chi connectivity index (χ2n) is 8.84. The van der Waals surface area contributed by atoms with Crippen LogP contribution in [0, 0.1) is 18.8 Å². The quantitative estimate of drug-likeness (QED) is 0.450. The van der Waals surface area contributed by atoms with E-state index in [0.717, 1.165) is 35.2 Å². The van der Waals surface area contributed by atoms with Gasteiger partial charge < -0.3 is 10.4 Å². The highest BCUT2D eigenvalue weighted by Crippen LogP contribution is 2.37. The molecular formula is C25H26ClN5O2. The summed E-state index contributed by atoms with van der Waals surface area (Å²) in [5, 5.41) is 17.1. The second-order valence-corrected chi connectivity index (χ2v) is 9.20. The fourth-order valence-electron chi connectivity index (χ4n) is 4.64. The Morgan fingerprint density at radius 1 is 1.18 bits per heavy atom. The van der Waals surface area contributed by atoms with Crippen LogP contribution in [0.15, 0.2) is 48.8 Å². The standard InChI is InChI=1S/C25H26ClN5O2/c1-15-21(13-30(2)29-15)19-5-3-4-6-20(19)23-24(26)31-8-7-18(11-22(31)28-23)25(33)27-12-16-9-17(10-16)14-32/h3-8,11,13,16-17,32H,9-10,12,14H2,1-2H3,(H,27,33). The zero-order chi connectivity index (χ0) is 23.1. The van der Waals surface area contributed by atoms with Crippen LogP contribution in [0.25, 0.3) is 28.0 Å². The molecule has 7 nitrogen and oxygen atoms in total. The summed E-state index contributed by atoms with van der Waals surface area (Å²) in [6.45, 7) is 2.84. The van der Waals surface area contributed by atoms with Crippen molar-refractivity contribution < 1.29 is 9.90 Å². The van der Waals surface area contributed by atoms with Crippen molar-refractivity contribution in [2.75, 3.05) is 13.2 Å². The molecular weight excluding hydrogens is 438 g/mol. The molecule has 170 valence electrons. The number of aryl methyl sites for hydroxylation is 2. The third kappa shape index (κ3) is 4.03. The first-order valence-electron chi connectivity index (χ1n) is 11.1. The number of fused-ring (bicyclic) bond motifs is 1. The van der Waals surface area contributed by atoms with Gasteiger partial charge in [-0.05, 0) is 49.3 Å². The number of nitrogens with zero attached hydrogens (tertiary/aromatic N) is 4. The molecule has 0 atom stereocenters. The van der Waals surface area contributed by atoms with Gasteiger partial charge in [0.1, 0.15) is 16.5 Å². The average Bonchev–Trinajstić information content (AvgIpc) is 3.30. The lowest BCUT2D eigenvalue weighted by Crippen LogP contribution is -2.37. The van der Waals surface area contributed by atoms with Crippen molar-refractivity contribution in [2.45, 2.75) is 19.8 Å². The molecule has 1 aliphatic rings. The number of aliphatic hydroxyl groups is 1. The molecule has 0 radical (unpaired) electrons. The maximum absolute atomic E-state index is 12.7. The van der Waals surface area contributed by atoms with Gasteiger partial charge in [0.25, 0.3) is 5.91 Å². The number of amides is 1. The molecule has 0 saturated heterocycles. The van der Waals surface area contributed by atoms with Gasteiger partial charge in [-0.3, -0.25) is 13.9 Å². The molecule has 4 aromatic rings. The first kappa shape index (κ1) is 21.7. The number of rotatable bonds is 6. The molecule has 3 heterocycles. The number of hydrogen-bond acceptors (Lipinski definition) is 4. The molecule has 3 aromatic heterocycles. The van der Waals surface area contributed by atoms with E-state index in [0.29, 0.717) is 40.4 Å². The maximum Gasteiger partial charge on any atom is 0.251 e. The van der Waals surface area contributed by atoms with Crippen molar-refractivity contribution in [3.8, 4) is 22.4 Å². The number of carbonyl (C=O) groups excluding carboxylic acids is 1. The lowest BCUT2D eigenvalue weighted by Gasteiger charge is -2.34. The largest absolute Gasteiger partial charge is 0.396 e. The first-order valence-corrected chi connectivity index (χ1v) is 11.5. The summed E-state index contributed by atoms with van der Waals surface area (Å²) >= 11 is 6.74. The number of halogens is 1. The minimum absolute atomic E-state index is 0.128. The van der Waals surface area contributed by atoms with Crippen LogP contribution in [0.2, 0.25) is 5.15 Å². The van der Waals surface area contributed by atoms with Gasteiger partial charge in [0, 0.05) is 49.3 Å². The van der Waals surface area contributed by atoms with E-state index >= 15 is 0 Å². The fraction of sp³-hybridized carbons (Fsp3) is 0.320. The number of benzene rings is 1. The van der Waals surface area contributed by atoms with E-state index < -0.39 is 0 Å². The normalized spacial score (nSPS) is 17.8. The van der Waals surface area contributed by atoms with Gasteiger partial charge in [0.15, 0.2) is 0 Å². The summed E-state index contributed by atoms with van der Waals surface area (Å²) in [5.41, 5.74) is 5.71. The van der Waals surface area contributed by atoms with Gasteiger partial charge in [0.05, 0.1) is 5.69 Å². The summed E-state index contributed by atoms with van der Waals surface area (Å²) in [6.07, 6.45) is 5.70. The van der Waals surface area contributed by atoms with E-state index in [1.54, 1.807) is 27.4 Å². The number of imidazole rings is 1. The third-order valence-corrected chi connectivity index (χ3v) is 6.82. The van der Waals surface area contributed by atoms with Crippen molar-refractivity contribution in [3.63, 3.8) is 0 Å². The van der Waals surface area contributed by atoms with Crippen molar-refractivity contribution in [1.29, 1.82) is 0 Å². The molecule has 5 rings (SSSR count). The zero-order valence-electron chi connectivity index (χ0n) is 18.6. The number of hydrogen-bond donors (Lipinski definition) is 2. The number of aliphatic hydroxyl groups excluding tert-OH is 1. The maximum atomic E-state index is 12.7. The number of nitrogens with one attached hydrogen (secondary N) is 1. The van der Waals surface area contributed by atoms with Crippen LogP contribution < -0.4 is 5.32 Å². The average molecular weight is 464 g/mol. The van der Waals surface area contributed by atoms with Gasteiger partial charge in [-0.2, -0.15) is 5.10 Å². The lowest BCUT2D eigenvalue weighted by atomic mass is 9.75. The topological polar surface area (TPSA) is 84.5 Å². The molecule has 1 fully saturated rings. The lowest BCUT2D eigenvalue weighted by molar-refractivity contribution is 0.0868. The molecule has 1 amide bonds. The fourth-order valence-corrected chi connectivity index (χ4v) is 4.93. The number of aromatic nitrogens is 4. The van der Waals surface area contributed by atoms with Crippen molar-refractivity contribution >= 4 is 23.2 Å². The highest BCUT2D eigenvalue weighted by Gasteiger charge is 2.28. The van der Waals surface area contributed by atoms with Gasteiger partial charge in [0.2, 0.25) is 0 Å². The molecule has 0 aliphatic heterocycles. The minimum atomic E-state index is -0.128. The first-order chi connectivity index (χ1) is 15.9. The Labute approximate surface area is 197 Å². The van der Waals surface area contributed by atoms with Crippen LogP contribution in [0.4, 0.5) is 0 Å². The van der Waals surface area contributed by atoms with E-state index in [1.807, 2.05) is 44.4 Å². The van der Waals surface area contributed by atoms with Crippen LogP contribution in [-0.4, -0.2) is 43.3 Å². The van der Waals surface area contributed by atoms with Crippen LogP contribution in [0.3, 0.4) is 0 Å². The smallest absolute Gasteiger partial charge is 0.251 e. The number of pyridine rings is 1. The van der Waals surface area contributed by atoms with E-state index in [-0.39, 0.29) is 12.5 Å². The Hall–Kier alpha value is -3.16. The van der Waals surface area contributed by atoms with Crippen molar-refractivity contribution in [2.24, 2.45) is 18.9 Å². The van der Waals surface area contributed by atoms with E-state index in [1.165, 1.54) is 0 Å². The summed E-state index contributed by atoms with van der Waals surface area (Å²) in [5.74, 6) is 0.693.